The SMILES string of the molecule is COc1cc2c(cc1OC)C[N+](C)(C[Si](C)(C)C)CC2. The topological polar surface area (TPSA) is 18.5 Å². The van der Waals surface area contributed by atoms with E-state index in [0.717, 1.165) is 28.9 Å². The van der Waals surface area contributed by atoms with Crippen LogP contribution in [-0.2, 0) is 13.0 Å². The van der Waals surface area contributed by atoms with E-state index in [1.165, 1.54) is 23.8 Å². The van der Waals surface area contributed by atoms with Crippen LogP contribution in [0.4, 0.5) is 0 Å². The molecule has 1 aliphatic heterocycles. The number of likely N-dealkylation sites (N-methyl/N-ethyl adjacent to an activating group) is 1. The van der Waals surface area contributed by atoms with Gasteiger partial charge >= 0.3 is 0 Å². The van der Waals surface area contributed by atoms with E-state index in [-0.39, 0.29) is 0 Å². The van der Waals surface area contributed by atoms with Gasteiger partial charge in [-0.25, -0.2) is 0 Å². The van der Waals surface area contributed by atoms with Gasteiger partial charge in [-0.3, -0.25) is 0 Å². The number of ether oxygens (including phenoxy) is 2. The van der Waals surface area contributed by atoms with Gasteiger partial charge in [0.2, 0.25) is 0 Å². The summed E-state index contributed by atoms with van der Waals surface area (Å²) in [5.74, 6) is 1.71. The first-order valence-electron chi connectivity index (χ1n) is 7.34. The van der Waals surface area contributed by atoms with Gasteiger partial charge < -0.3 is 14.0 Å². The highest BCUT2D eigenvalue weighted by Crippen LogP contribution is 2.35. The second-order valence-electron chi connectivity index (χ2n) is 7.45. The third kappa shape index (κ3) is 3.36. The van der Waals surface area contributed by atoms with Crippen molar-refractivity contribution in [2.75, 3.05) is 34.0 Å². The molecular weight excluding hydrogens is 266 g/mol. The van der Waals surface area contributed by atoms with Crippen molar-refractivity contribution in [1.82, 2.24) is 0 Å². The molecule has 1 atom stereocenters. The number of hydrogen-bond donors (Lipinski definition) is 0. The smallest absolute Gasteiger partial charge is 0.161 e. The lowest BCUT2D eigenvalue weighted by Gasteiger charge is -2.42. The first-order chi connectivity index (χ1) is 9.26. The van der Waals surface area contributed by atoms with Crippen LogP contribution in [-0.4, -0.2) is 46.5 Å². The summed E-state index contributed by atoms with van der Waals surface area (Å²) in [4.78, 5) is 0. The van der Waals surface area contributed by atoms with E-state index in [2.05, 4.69) is 38.8 Å². The van der Waals surface area contributed by atoms with Crippen LogP contribution < -0.4 is 9.47 Å². The molecule has 0 aromatic heterocycles. The number of fused-ring (bicyclic) bond motifs is 1. The lowest BCUT2D eigenvalue weighted by molar-refractivity contribution is -0.915. The van der Waals surface area contributed by atoms with Gasteiger partial charge in [0.25, 0.3) is 0 Å². The predicted molar refractivity (Wildman–Crippen MR) is 86.2 cm³/mol. The summed E-state index contributed by atoms with van der Waals surface area (Å²) in [5.41, 5.74) is 2.85. The lowest BCUT2D eigenvalue weighted by atomic mass is 9.98. The minimum Gasteiger partial charge on any atom is -0.493 e. The second-order valence-corrected chi connectivity index (χ2v) is 12.9. The molecule has 0 saturated heterocycles. The van der Waals surface area contributed by atoms with E-state index in [4.69, 9.17) is 9.47 Å². The monoisotopic (exact) mass is 294 g/mol. The maximum Gasteiger partial charge on any atom is 0.161 e. The Morgan fingerprint density at radius 1 is 1.05 bits per heavy atom. The Hall–Kier alpha value is -1.00. The van der Waals surface area contributed by atoms with E-state index in [1.807, 2.05) is 0 Å². The third-order valence-electron chi connectivity index (χ3n) is 4.03. The Labute approximate surface area is 124 Å². The minimum absolute atomic E-state index is 0.854. The van der Waals surface area contributed by atoms with Crippen LogP contribution in [0.1, 0.15) is 11.1 Å². The zero-order valence-corrected chi connectivity index (χ0v) is 14.7. The number of rotatable bonds is 4. The number of benzene rings is 1. The molecule has 2 rings (SSSR count). The molecule has 20 heavy (non-hydrogen) atoms. The highest BCUT2D eigenvalue weighted by Gasteiger charge is 2.34. The highest BCUT2D eigenvalue weighted by molar-refractivity contribution is 6.75. The Morgan fingerprint density at radius 3 is 2.10 bits per heavy atom. The van der Waals surface area contributed by atoms with Crippen molar-refractivity contribution in [2.24, 2.45) is 0 Å². The van der Waals surface area contributed by atoms with Crippen molar-refractivity contribution < 1.29 is 14.0 Å². The van der Waals surface area contributed by atoms with Crippen molar-refractivity contribution >= 4 is 8.07 Å². The average molecular weight is 294 g/mol. The number of nitrogens with zero attached hydrogens (tertiary/aromatic N) is 1. The Morgan fingerprint density at radius 2 is 1.60 bits per heavy atom. The molecule has 1 aromatic rings. The van der Waals surface area contributed by atoms with E-state index >= 15 is 0 Å². The molecule has 1 aromatic carbocycles. The number of hydrogen-bond acceptors (Lipinski definition) is 2. The fourth-order valence-electron chi connectivity index (χ4n) is 3.50. The predicted octanol–water partition coefficient (Wildman–Crippen LogP) is 3.08. The summed E-state index contributed by atoms with van der Waals surface area (Å²) < 4.78 is 12.0. The molecule has 0 spiro atoms. The highest BCUT2D eigenvalue weighted by atomic mass is 28.3. The summed E-state index contributed by atoms with van der Waals surface area (Å²) in [6.45, 7) is 9.72. The number of quaternary nitrogens is 1. The maximum absolute atomic E-state index is 5.45. The molecule has 112 valence electrons. The molecule has 1 heterocycles. The van der Waals surface area contributed by atoms with Gasteiger partial charge in [0, 0.05) is 12.0 Å². The van der Waals surface area contributed by atoms with Gasteiger partial charge in [-0.2, -0.15) is 0 Å². The van der Waals surface area contributed by atoms with Gasteiger partial charge in [-0.15, -0.1) is 0 Å². The normalized spacial score (nSPS) is 22.3. The van der Waals surface area contributed by atoms with Gasteiger partial charge in [-0.1, -0.05) is 19.6 Å². The zero-order chi connectivity index (χ0) is 15.0. The minimum atomic E-state index is -1.06. The van der Waals surface area contributed by atoms with E-state index < -0.39 is 8.07 Å². The fourth-order valence-corrected chi connectivity index (χ4v) is 6.06. The molecular formula is C16H28NO2Si+. The van der Waals surface area contributed by atoms with Crippen molar-refractivity contribution in [2.45, 2.75) is 32.6 Å². The summed E-state index contributed by atoms with van der Waals surface area (Å²) in [5, 5.41) is 0. The van der Waals surface area contributed by atoms with Crippen molar-refractivity contribution in [3.05, 3.63) is 23.3 Å². The van der Waals surface area contributed by atoms with Crippen LogP contribution in [0.25, 0.3) is 0 Å². The Balaban J connectivity index is 2.30. The molecule has 3 nitrogen and oxygen atoms in total. The van der Waals surface area contributed by atoms with Crippen LogP contribution in [0, 0.1) is 0 Å². The molecule has 0 amide bonds. The number of methoxy groups -OCH3 is 2. The average Bonchev–Trinajstić information content (AvgIpc) is 2.34. The molecule has 0 saturated carbocycles. The van der Waals surface area contributed by atoms with Crippen molar-refractivity contribution in [3.63, 3.8) is 0 Å². The zero-order valence-electron chi connectivity index (χ0n) is 13.7. The first-order valence-corrected chi connectivity index (χ1v) is 11.0. The maximum atomic E-state index is 5.45. The largest absolute Gasteiger partial charge is 0.493 e. The van der Waals surface area contributed by atoms with Gasteiger partial charge in [0.05, 0.1) is 34.0 Å². The Kier molecular flexibility index (Phi) is 4.16. The van der Waals surface area contributed by atoms with Crippen LogP contribution >= 0.6 is 0 Å². The van der Waals surface area contributed by atoms with E-state index in [0.29, 0.717) is 0 Å². The third-order valence-corrected chi connectivity index (χ3v) is 5.75. The van der Waals surface area contributed by atoms with E-state index in [1.54, 1.807) is 14.2 Å². The molecule has 4 heteroatoms. The molecule has 0 aliphatic carbocycles. The Bertz CT molecular complexity index is 496. The van der Waals surface area contributed by atoms with Gasteiger partial charge in [0.15, 0.2) is 11.5 Å². The lowest BCUT2D eigenvalue weighted by Crippen LogP contribution is -2.55. The van der Waals surface area contributed by atoms with Gasteiger partial charge in [-0.05, 0) is 17.7 Å². The fraction of sp³-hybridized carbons (Fsp3) is 0.625. The van der Waals surface area contributed by atoms with Crippen molar-refractivity contribution in [3.8, 4) is 11.5 Å². The molecule has 0 radical (unpaired) electrons. The molecule has 0 fully saturated rings. The second kappa shape index (κ2) is 5.41. The molecule has 1 aliphatic rings. The summed E-state index contributed by atoms with van der Waals surface area (Å²) in [6.07, 6.45) is 2.47. The molecule has 0 bridgehead atoms. The molecule has 1 unspecified atom stereocenters. The van der Waals surface area contributed by atoms with Crippen LogP contribution in [0.3, 0.4) is 0 Å². The van der Waals surface area contributed by atoms with E-state index in [9.17, 15) is 0 Å². The summed E-state index contributed by atoms with van der Waals surface area (Å²) in [6, 6.07) is 4.33. The van der Waals surface area contributed by atoms with Crippen LogP contribution in [0.2, 0.25) is 19.6 Å². The molecule has 0 N–H and O–H groups in total. The van der Waals surface area contributed by atoms with Gasteiger partial charge in [0.1, 0.15) is 14.6 Å². The first kappa shape index (κ1) is 15.4. The van der Waals surface area contributed by atoms with Crippen molar-refractivity contribution in [1.29, 1.82) is 0 Å². The van der Waals surface area contributed by atoms with Crippen LogP contribution in [0.15, 0.2) is 12.1 Å². The summed E-state index contributed by atoms with van der Waals surface area (Å²) in [7, 11) is 4.76. The summed E-state index contributed by atoms with van der Waals surface area (Å²) >= 11 is 0. The quantitative estimate of drug-likeness (QED) is 0.627. The standard InChI is InChI=1S/C16H28NO2Si/c1-17(12-20(4,5)6)8-7-13-9-15(18-2)16(19-3)10-14(13)11-17/h9-10H,7-8,11-12H2,1-6H3/q+1. The van der Waals surface area contributed by atoms with Crippen LogP contribution in [0.5, 0.6) is 11.5 Å².